The Morgan fingerprint density at radius 2 is 2.00 bits per heavy atom. The van der Waals surface area contributed by atoms with Crippen molar-refractivity contribution in [3.8, 4) is 0 Å². The normalized spacial score (nSPS) is 10.4. The van der Waals surface area contributed by atoms with Crippen molar-refractivity contribution in [2.45, 2.75) is 26.8 Å². The summed E-state index contributed by atoms with van der Waals surface area (Å²) >= 11 is 0. The fourth-order valence-corrected chi connectivity index (χ4v) is 1.47. The maximum Gasteiger partial charge on any atom is 0.123 e. The predicted molar refractivity (Wildman–Crippen MR) is 64.4 cm³/mol. The Balaban J connectivity index is 1.94. The van der Waals surface area contributed by atoms with Gasteiger partial charge < -0.3 is 9.73 Å². The van der Waals surface area contributed by atoms with Crippen LogP contribution < -0.4 is 5.32 Å². The summed E-state index contributed by atoms with van der Waals surface area (Å²) < 4.78 is 5.60. The van der Waals surface area contributed by atoms with Crippen LogP contribution >= 0.6 is 0 Å². The Hall–Kier alpha value is -1.77. The molecule has 84 valence electrons. The molecular weight excluding hydrogens is 200 g/mol. The van der Waals surface area contributed by atoms with Gasteiger partial charge in [-0.05, 0) is 31.2 Å². The Labute approximate surface area is 95.5 Å². The standard InChI is InChI=1S/C13H16N2O/c1-3-12-6-7-13(16-12)9-15-11-5-4-10(2)14-8-11/h4-8,15H,3,9H2,1-2H3. The first-order valence-corrected chi connectivity index (χ1v) is 5.52. The van der Waals surface area contributed by atoms with Crippen LogP contribution in [0, 0.1) is 6.92 Å². The van der Waals surface area contributed by atoms with Gasteiger partial charge in [0, 0.05) is 12.1 Å². The van der Waals surface area contributed by atoms with Crippen molar-refractivity contribution in [1.29, 1.82) is 0 Å². The molecule has 2 aromatic rings. The zero-order chi connectivity index (χ0) is 11.4. The number of aromatic nitrogens is 1. The molecule has 3 nitrogen and oxygen atoms in total. The summed E-state index contributed by atoms with van der Waals surface area (Å²) in [6.07, 6.45) is 2.77. The predicted octanol–water partition coefficient (Wildman–Crippen LogP) is 3.16. The second kappa shape index (κ2) is 4.84. The molecular formula is C13H16N2O. The number of nitrogens with zero attached hydrogens (tertiary/aromatic N) is 1. The number of rotatable bonds is 4. The molecule has 0 saturated heterocycles. The number of anilines is 1. The monoisotopic (exact) mass is 216 g/mol. The average molecular weight is 216 g/mol. The number of aryl methyl sites for hydroxylation is 2. The lowest BCUT2D eigenvalue weighted by molar-refractivity contribution is 0.476. The molecule has 2 heterocycles. The Morgan fingerprint density at radius 3 is 2.62 bits per heavy atom. The van der Waals surface area contributed by atoms with Crippen LogP contribution in [-0.4, -0.2) is 4.98 Å². The smallest absolute Gasteiger partial charge is 0.123 e. The van der Waals surface area contributed by atoms with Crippen LogP contribution in [0.25, 0.3) is 0 Å². The van der Waals surface area contributed by atoms with Crippen LogP contribution in [0.15, 0.2) is 34.9 Å². The SMILES string of the molecule is CCc1ccc(CNc2ccc(C)nc2)o1. The summed E-state index contributed by atoms with van der Waals surface area (Å²) in [4.78, 5) is 4.22. The van der Waals surface area contributed by atoms with Gasteiger partial charge in [-0.3, -0.25) is 4.98 Å². The van der Waals surface area contributed by atoms with Crippen molar-refractivity contribution in [2.24, 2.45) is 0 Å². The second-order valence-corrected chi connectivity index (χ2v) is 3.76. The Bertz CT molecular complexity index is 445. The third-order valence-corrected chi connectivity index (χ3v) is 2.44. The minimum atomic E-state index is 0.699. The number of pyridine rings is 1. The highest BCUT2D eigenvalue weighted by Gasteiger charge is 2.00. The quantitative estimate of drug-likeness (QED) is 0.853. The molecule has 0 atom stereocenters. The van der Waals surface area contributed by atoms with Gasteiger partial charge in [-0.25, -0.2) is 0 Å². The van der Waals surface area contributed by atoms with E-state index < -0.39 is 0 Å². The van der Waals surface area contributed by atoms with E-state index in [-0.39, 0.29) is 0 Å². The minimum Gasteiger partial charge on any atom is -0.464 e. The molecule has 0 radical (unpaired) electrons. The molecule has 3 heteroatoms. The molecule has 1 N–H and O–H groups in total. The van der Waals surface area contributed by atoms with Crippen LogP contribution in [0.2, 0.25) is 0 Å². The fourth-order valence-electron chi connectivity index (χ4n) is 1.47. The van der Waals surface area contributed by atoms with Crippen molar-refractivity contribution < 1.29 is 4.42 Å². The number of hydrogen-bond donors (Lipinski definition) is 1. The van der Waals surface area contributed by atoms with Gasteiger partial charge in [-0.15, -0.1) is 0 Å². The van der Waals surface area contributed by atoms with Crippen molar-refractivity contribution >= 4 is 5.69 Å². The second-order valence-electron chi connectivity index (χ2n) is 3.76. The summed E-state index contributed by atoms with van der Waals surface area (Å²) in [6.45, 7) is 4.76. The molecule has 0 unspecified atom stereocenters. The summed E-state index contributed by atoms with van der Waals surface area (Å²) in [5, 5.41) is 3.27. The van der Waals surface area contributed by atoms with Gasteiger partial charge in [0.15, 0.2) is 0 Å². The number of nitrogens with one attached hydrogen (secondary N) is 1. The van der Waals surface area contributed by atoms with Gasteiger partial charge in [-0.2, -0.15) is 0 Å². The van der Waals surface area contributed by atoms with Gasteiger partial charge in [0.2, 0.25) is 0 Å². The van der Waals surface area contributed by atoms with E-state index in [1.165, 1.54) is 0 Å². The summed E-state index contributed by atoms with van der Waals surface area (Å²) in [5.41, 5.74) is 2.04. The van der Waals surface area contributed by atoms with E-state index in [9.17, 15) is 0 Å². The lowest BCUT2D eigenvalue weighted by atomic mass is 10.3. The Kier molecular flexibility index (Phi) is 3.25. The minimum absolute atomic E-state index is 0.699. The van der Waals surface area contributed by atoms with Crippen molar-refractivity contribution in [2.75, 3.05) is 5.32 Å². The van der Waals surface area contributed by atoms with E-state index in [1.807, 2.05) is 37.4 Å². The molecule has 2 rings (SSSR count). The summed E-state index contributed by atoms with van der Waals surface area (Å²) in [6, 6.07) is 8.03. The molecule has 0 bridgehead atoms. The lowest BCUT2D eigenvalue weighted by Gasteiger charge is -2.03. The molecule has 0 aliphatic rings. The highest BCUT2D eigenvalue weighted by atomic mass is 16.3. The third-order valence-electron chi connectivity index (χ3n) is 2.44. The van der Waals surface area contributed by atoms with Crippen LogP contribution in [-0.2, 0) is 13.0 Å². The number of furan rings is 1. The molecule has 0 aromatic carbocycles. The molecule has 0 aliphatic heterocycles. The first-order chi connectivity index (χ1) is 7.78. The topological polar surface area (TPSA) is 38.1 Å². The summed E-state index contributed by atoms with van der Waals surface area (Å²) in [5.74, 6) is 1.98. The highest BCUT2D eigenvalue weighted by Crippen LogP contribution is 2.11. The molecule has 0 fully saturated rings. The van der Waals surface area contributed by atoms with E-state index in [0.717, 1.165) is 29.3 Å². The van der Waals surface area contributed by atoms with E-state index in [1.54, 1.807) is 0 Å². The number of hydrogen-bond acceptors (Lipinski definition) is 3. The first kappa shape index (κ1) is 10.7. The molecule has 16 heavy (non-hydrogen) atoms. The van der Waals surface area contributed by atoms with E-state index in [2.05, 4.69) is 17.2 Å². The summed E-state index contributed by atoms with van der Waals surface area (Å²) in [7, 11) is 0. The fraction of sp³-hybridized carbons (Fsp3) is 0.308. The maximum atomic E-state index is 5.60. The van der Waals surface area contributed by atoms with E-state index in [0.29, 0.717) is 6.54 Å². The van der Waals surface area contributed by atoms with E-state index >= 15 is 0 Å². The molecule has 0 aliphatic carbocycles. The maximum absolute atomic E-state index is 5.60. The van der Waals surface area contributed by atoms with Crippen LogP contribution in [0.3, 0.4) is 0 Å². The van der Waals surface area contributed by atoms with Crippen LogP contribution in [0.4, 0.5) is 5.69 Å². The largest absolute Gasteiger partial charge is 0.464 e. The first-order valence-electron chi connectivity index (χ1n) is 5.52. The molecule has 0 amide bonds. The highest BCUT2D eigenvalue weighted by molar-refractivity contribution is 5.41. The van der Waals surface area contributed by atoms with Gasteiger partial charge in [0.1, 0.15) is 11.5 Å². The van der Waals surface area contributed by atoms with Crippen LogP contribution in [0.1, 0.15) is 24.1 Å². The molecule has 0 spiro atoms. The third kappa shape index (κ3) is 2.63. The van der Waals surface area contributed by atoms with E-state index in [4.69, 9.17) is 4.42 Å². The van der Waals surface area contributed by atoms with Crippen molar-refractivity contribution in [3.63, 3.8) is 0 Å². The zero-order valence-corrected chi connectivity index (χ0v) is 9.66. The molecule has 2 aromatic heterocycles. The zero-order valence-electron chi connectivity index (χ0n) is 9.66. The van der Waals surface area contributed by atoms with Crippen molar-refractivity contribution in [3.05, 3.63) is 47.7 Å². The van der Waals surface area contributed by atoms with Gasteiger partial charge >= 0.3 is 0 Å². The van der Waals surface area contributed by atoms with Gasteiger partial charge in [0.25, 0.3) is 0 Å². The van der Waals surface area contributed by atoms with Gasteiger partial charge in [0.05, 0.1) is 18.4 Å². The van der Waals surface area contributed by atoms with Crippen LogP contribution in [0.5, 0.6) is 0 Å². The lowest BCUT2D eigenvalue weighted by Crippen LogP contribution is -1.98. The van der Waals surface area contributed by atoms with Crippen molar-refractivity contribution in [1.82, 2.24) is 4.98 Å². The Morgan fingerprint density at radius 1 is 1.19 bits per heavy atom. The molecule has 0 saturated carbocycles. The van der Waals surface area contributed by atoms with Gasteiger partial charge in [-0.1, -0.05) is 6.92 Å². The average Bonchev–Trinajstić information content (AvgIpc) is 2.76.